The Morgan fingerprint density at radius 2 is 1.77 bits per heavy atom. The highest BCUT2D eigenvalue weighted by Gasteiger charge is 2.05. The van der Waals surface area contributed by atoms with Crippen molar-refractivity contribution in [1.82, 2.24) is 0 Å². The normalized spacial score (nSPS) is 10.4. The van der Waals surface area contributed by atoms with Crippen LogP contribution in [0.3, 0.4) is 0 Å². The van der Waals surface area contributed by atoms with Crippen molar-refractivity contribution in [2.75, 3.05) is 12.4 Å². The molecule has 0 saturated heterocycles. The monoisotopic (exact) mass is 371 g/mol. The molecule has 0 aliphatic carbocycles. The zero-order valence-corrected chi connectivity index (χ0v) is 15.1. The fourth-order valence-corrected chi connectivity index (χ4v) is 2.73. The molecule has 26 heavy (non-hydrogen) atoms. The summed E-state index contributed by atoms with van der Waals surface area (Å²) in [6.07, 6.45) is 0. The third kappa shape index (κ3) is 4.90. The predicted molar refractivity (Wildman–Crippen MR) is 103 cm³/mol. The zero-order chi connectivity index (χ0) is 18.4. The average molecular weight is 372 g/mol. The Balaban J connectivity index is 1.58. The van der Waals surface area contributed by atoms with Crippen molar-refractivity contribution in [2.45, 2.75) is 13.2 Å². The molecule has 0 unspecified atom stereocenters. The van der Waals surface area contributed by atoms with Crippen LogP contribution >= 0.6 is 11.6 Å². The second-order valence-corrected chi connectivity index (χ2v) is 6.17. The van der Waals surface area contributed by atoms with Crippen LogP contribution in [0.25, 0.3) is 0 Å². The van der Waals surface area contributed by atoms with Gasteiger partial charge in [-0.1, -0.05) is 29.8 Å². The van der Waals surface area contributed by atoms with Crippen molar-refractivity contribution in [3.05, 3.63) is 88.7 Å². The maximum atomic E-state index is 13.2. The van der Waals surface area contributed by atoms with E-state index in [1.54, 1.807) is 13.2 Å². The number of hydrogen-bond donors (Lipinski definition) is 1. The molecule has 0 aliphatic heterocycles. The van der Waals surface area contributed by atoms with Crippen LogP contribution in [-0.4, -0.2) is 7.11 Å². The Kier molecular flexibility index (Phi) is 5.97. The minimum atomic E-state index is -0.280. The van der Waals surface area contributed by atoms with Gasteiger partial charge in [0.05, 0.1) is 12.1 Å². The van der Waals surface area contributed by atoms with Gasteiger partial charge in [-0.15, -0.1) is 0 Å². The maximum absolute atomic E-state index is 13.2. The average Bonchev–Trinajstić information content (AvgIpc) is 2.66. The molecule has 0 bridgehead atoms. The lowest BCUT2D eigenvalue weighted by molar-refractivity contribution is 0.305. The second-order valence-electron chi connectivity index (χ2n) is 5.77. The first-order valence-electron chi connectivity index (χ1n) is 8.17. The van der Waals surface area contributed by atoms with Gasteiger partial charge < -0.3 is 14.8 Å². The number of nitrogens with one attached hydrogen (secondary N) is 1. The van der Waals surface area contributed by atoms with Crippen LogP contribution in [-0.2, 0) is 13.2 Å². The first kappa shape index (κ1) is 18.1. The number of anilines is 1. The summed E-state index contributed by atoms with van der Waals surface area (Å²) in [6.45, 7) is 0.900. The van der Waals surface area contributed by atoms with Gasteiger partial charge in [0, 0.05) is 12.2 Å². The van der Waals surface area contributed by atoms with Crippen molar-refractivity contribution in [1.29, 1.82) is 0 Å². The van der Waals surface area contributed by atoms with E-state index in [9.17, 15) is 4.39 Å². The van der Waals surface area contributed by atoms with Crippen LogP contribution in [0.2, 0.25) is 5.02 Å². The fourth-order valence-electron chi connectivity index (χ4n) is 2.47. The molecular weight excluding hydrogens is 353 g/mol. The third-order valence-electron chi connectivity index (χ3n) is 3.87. The van der Waals surface area contributed by atoms with Gasteiger partial charge in [0.25, 0.3) is 0 Å². The van der Waals surface area contributed by atoms with Crippen molar-refractivity contribution in [3.63, 3.8) is 0 Å². The van der Waals surface area contributed by atoms with E-state index in [-0.39, 0.29) is 12.4 Å². The fraction of sp³-hybridized carbons (Fsp3) is 0.143. The highest BCUT2D eigenvalue weighted by molar-refractivity contribution is 6.32. The van der Waals surface area contributed by atoms with Gasteiger partial charge in [-0.05, 0) is 59.7 Å². The Hall–Kier alpha value is -2.72. The SMILES string of the molecule is COc1ccc(NCc2ccc(OCc3cccc(F)c3)c(Cl)c2)cc1. The van der Waals surface area contributed by atoms with Crippen molar-refractivity contribution in [3.8, 4) is 11.5 Å². The molecule has 3 rings (SSSR count). The molecular formula is C21H19ClFNO2. The van der Waals surface area contributed by atoms with Crippen LogP contribution in [0.5, 0.6) is 11.5 Å². The minimum absolute atomic E-state index is 0.265. The predicted octanol–water partition coefficient (Wildman–Crippen LogP) is 5.68. The van der Waals surface area contributed by atoms with Crippen LogP contribution in [0, 0.1) is 5.82 Å². The molecule has 0 atom stereocenters. The van der Waals surface area contributed by atoms with E-state index in [4.69, 9.17) is 21.1 Å². The van der Waals surface area contributed by atoms with E-state index in [1.165, 1.54) is 12.1 Å². The molecule has 5 heteroatoms. The quantitative estimate of drug-likeness (QED) is 0.579. The van der Waals surface area contributed by atoms with Crippen molar-refractivity contribution in [2.24, 2.45) is 0 Å². The summed E-state index contributed by atoms with van der Waals surface area (Å²) < 4.78 is 24.0. The van der Waals surface area contributed by atoms with E-state index < -0.39 is 0 Å². The number of methoxy groups -OCH3 is 1. The molecule has 0 aromatic heterocycles. The Labute approximate surface area is 157 Å². The number of rotatable bonds is 7. The summed E-state index contributed by atoms with van der Waals surface area (Å²) >= 11 is 6.30. The first-order valence-corrected chi connectivity index (χ1v) is 8.55. The molecule has 0 spiro atoms. The van der Waals surface area contributed by atoms with Crippen LogP contribution in [0.15, 0.2) is 66.7 Å². The molecule has 0 saturated carbocycles. The number of benzene rings is 3. The molecule has 3 aromatic rings. The van der Waals surface area contributed by atoms with Crippen molar-refractivity contribution < 1.29 is 13.9 Å². The summed E-state index contributed by atoms with van der Waals surface area (Å²) in [5.74, 6) is 1.11. The molecule has 0 radical (unpaired) electrons. The molecule has 0 heterocycles. The maximum Gasteiger partial charge on any atom is 0.138 e. The number of hydrogen-bond acceptors (Lipinski definition) is 3. The Bertz CT molecular complexity index is 868. The molecule has 0 aliphatic rings. The van der Waals surface area contributed by atoms with Crippen LogP contribution in [0.1, 0.15) is 11.1 Å². The van der Waals surface area contributed by atoms with Gasteiger partial charge in [0.1, 0.15) is 23.9 Å². The van der Waals surface area contributed by atoms with Crippen LogP contribution in [0.4, 0.5) is 10.1 Å². The van der Waals surface area contributed by atoms with Gasteiger partial charge in [-0.25, -0.2) is 4.39 Å². The standard InChI is InChI=1S/C21H19ClFNO2/c1-25-19-8-6-18(7-9-19)24-13-15-5-10-21(20(22)12-15)26-14-16-3-2-4-17(23)11-16/h2-12,24H,13-14H2,1H3. The summed E-state index contributed by atoms with van der Waals surface area (Å²) in [5, 5.41) is 3.85. The highest BCUT2D eigenvalue weighted by atomic mass is 35.5. The van der Waals surface area contributed by atoms with E-state index in [2.05, 4.69) is 5.32 Å². The second kappa shape index (κ2) is 8.59. The molecule has 3 aromatic carbocycles. The Morgan fingerprint density at radius 3 is 2.46 bits per heavy atom. The summed E-state index contributed by atoms with van der Waals surface area (Å²) in [7, 11) is 1.64. The van der Waals surface area contributed by atoms with Gasteiger partial charge in [-0.2, -0.15) is 0 Å². The lowest BCUT2D eigenvalue weighted by Crippen LogP contribution is -2.00. The third-order valence-corrected chi connectivity index (χ3v) is 4.16. The van der Waals surface area contributed by atoms with E-state index in [0.717, 1.165) is 22.6 Å². The zero-order valence-electron chi connectivity index (χ0n) is 14.3. The summed E-state index contributed by atoms with van der Waals surface area (Å²) in [6, 6.07) is 19.7. The van der Waals surface area contributed by atoms with Gasteiger partial charge >= 0.3 is 0 Å². The van der Waals surface area contributed by atoms with Gasteiger partial charge in [0.15, 0.2) is 0 Å². The van der Waals surface area contributed by atoms with Crippen molar-refractivity contribution >= 4 is 17.3 Å². The lowest BCUT2D eigenvalue weighted by Gasteiger charge is -2.11. The number of ether oxygens (including phenoxy) is 2. The number of halogens is 2. The molecule has 1 N–H and O–H groups in total. The molecule has 134 valence electrons. The molecule has 0 fully saturated rings. The van der Waals surface area contributed by atoms with Gasteiger partial charge in [-0.3, -0.25) is 0 Å². The van der Waals surface area contributed by atoms with Crippen LogP contribution < -0.4 is 14.8 Å². The first-order chi connectivity index (χ1) is 12.6. The van der Waals surface area contributed by atoms with E-state index >= 15 is 0 Å². The minimum Gasteiger partial charge on any atom is -0.497 e. The van der Waals surface area contributed by atoms with E-state index in [0.29, 0.717) is 17.3 Å². The smallest absolute Gasteiger partial charge is 0.138 e. The van der Waals surface area contributed by atoms with E-state index in [1.807, 2.05) is 48.5 Å². The Morgan fingerprint density at radius 1 is 0.962 bits per heavy atom. The molecule has 3 nitrogen and oxygen atoms in total. The topological polar surface area (TPSA) is 30.5 Å². The molecule has 0 amide bonds. The summed E-state index contributed by atoms with van der Waals surface area (Å²) in [5.41, 5.74) is 2.78. The van der Waals surface area contributed by atoms with Gasteiger partial charge in [0.2, 0.25) is 0 Å². The lowest BCUT2D eigenvalue weighted by atomic mass is 10.2. The largest absolute Gasteiger partial charge is 0.497 e. The summed E-state index contributed by atoms with van der Waals surface area (Å²) in [4.78, 5) is 0. The highest BCUT2D eigenvalue weighted by Crippen LogP contribution is 2.27.